The molecule has 1 amide bonds. The van der Waals surface area contributed by atoms with Crippen molar-refractivity contribution in [3.8, 4) is 0 Å². The van der Waals surface area contributed by atoms with E-state index in [1.54, 1.807) is 36.7 Å². The Kier molecular flexibility index (Phi) is 3.22. The van der Waals surface area contributed by atoms with Gasteiger partial charge in [0.05, 0.1) is 5.75 Å². The standard InChI is InChI=1S/C13H11N4O3S/c18-10-17(16-6-1-2-7-16)21(19,20)9-11-8-15-13-12(11)4-3-5-14-13/h1-8H,9H2,(H,14,15). The first-order chi connectivity index (χ1) is 10.1. The molecule has 3 aromatic heterocycles. The number of amides is 1. The Morgan fingerprint density at radius 1 is 1.29 bits per heavy atom. The van der Waals surface area contributed by atoms with Crippen molar-refractivity contribution in [1.29, 1.82) is 0 Å². The van der Waals surface area contributed by atoms with Crippen LogP contribution in [0, 0.1) is 0 Å². The number of fused-ring (bicyclic) bond motifs is 1. The van der Waals surface area contributed by atoms with Gasteiger partial charge in [0.1, 0.15) is 5.65 Å². The number of sulfonamides is 1. The Labute approximate surface area is 120 Å². The number of aromatic amines is 1. The third-order valence-corrected chi connectivity index (χ3v) is 4.48. The first-order valence-electron chi connectivity index (χ1n) is 6.07. The number of nitrogens with zero attached hydrogens (tertiary/aromatic N) is 3. The molecule has 0 aliphatic rings. The van der Waals surface area contributed by atoms with E-state index in [-0.39, 0.29) is 5.75 Å². The lowest BCUT2D eigenvalue weighted by Gasteiger charge is -2.17. The van der Waals surface area contributed by atoms with Crippen LogP contribution >= 0.6 is 0 Å². The molecule has 8 heteroatoms. The Hall–Kier alpha value is -2.61. The summed E-state index contributed by atoms with van der Waals surface area (Å²) in [6.45, 7) is 0. The van der Waals surface area contributed by atoms with Crippen LogP contribution in [0.2, 0.25) is 0 Å². The topological polar surface area (TPSA) is 88.1 Å². The molecule has 1 radical (unpaired) electrons. The summed E-state index contributed by atoms with van der Waals surface area (Å²) in [4.78, 5) is 18.0. The lowest BCUT2D eigenvalue weighted by Crippen LogP contribution is -2.39. The molecule has 0 atom stereocenters. The van der Waals surface area contributed by atoms with Crippen molar-refractivity contribution >= 4 is 27.5 Å². The SMILES string of the molecule is O=[C]N(n1cccc1)S(=O)(=O)Cc1c[nH]c2ncccc12. The fourth-order valence-electron chi connectivity index (χ4n) is 2.08. The molecule has 3 rings (SSSR count). The van der Waals surface area contributed by atoms with E-state index >= 15 is 0 Å². The molecule has 1 N–H and O–H groups in total. The van der Waals surface area contributed by atoms with Crippen molar-refractivity contribution in [2.24, 2.45) is 0 Å². The Balaban J connectivity index is 1.97. The van der Waals surface area contributed by atoms with E-state index in [4.69, 9.17) is 0 Å². The Bertz CT molecular complexity index is 868. The minimum atomic E-state index is -3.88. The molecule has 21 heavy (non-hydrogen) atoms. The van der Waals surface area contributed by atoms with Crippen molar-refractivity contribution in [1.82, 2.24) is 14.6 Å². The number of rotatable bonds is 5. The summed E-state index contributed by atoms with van der Waals surface area (Å²) >= 11 is 0. The fourth-order valence-corrected chi connectivity index (χ4v) is 3.35. The smallest absolute Gasteiger partial charge is 0.346 e. The molecule has 3 heterocycles. The molecule has 3 aromatic rings. The number of pyridine rings is 1. The van der Waals surface area contributed by atoms with Crippen molar-refractivity contribution in [3.05, 3.63) is 54.6 Å². The van der Waals surface area contributed by atoms with Gasteiger partial charge in [0.25, 0.3) is 10.0 Å². The van der Waals surface area contributed by atoms with Crippen LogP contribution in [-0.4, -0.2) is 29.5 Å². The number of carbonyl (C=O) groups excluding carboxylic acids is 1. The molecule has 0 spiro atoms. The van der Waals surface area contributed by atoms with Crippen molar-refractivity contribution in [2.45, 2.75) is 5.75 Å². The minimum Gasteiger partial charge on any atom is -0.346 e. The lowest BCUT2D eigenvalue weighted by molar-refractivity contribution is 0.540. The average molecular weight is 303 g/mol. The first kappa shape index (κ1) is 13.4. The third kappa shape index (κ3) is 2.40. The van der Waals surface area contributed by atoms with Gasteiger partial charge in [-0.25, -0.2) is 13.4 Å². The van der Waals surface area contributed by atoms with Crippen molar-refractivity contribution < 1.29 is 13.2 Å². The van der Waals surface area contributed by atoms with Crippen LogP contribution in [-0.2, 0) is 20.6 Å². The molecular formula is C13H11N4O3S. The van der Waals surface area contributed by atoms with E-state index in [2.05, 4.69) is 9.97 Å². The summed E-state index contributed by atoms with van der Waals surface area (Å²) in [7, 11) is -3.88. The summed E-state index contributed by atoms with van der Waals surface area (Å²) in [6, 6.07) is 6.74. The van der Waals surface area contributed by atoms with Crippen LogP contribution in [0.3, 0.4) is 0 Å². The normalized spacial score (nSPS) is 11.6. The van der Waals surface area contributed by atoms with Crippen LogP contribution in [0.25, 0.3) is 11.0 Å². The molecule has 0 bridgehead atoms. The van der Waals surface area contributed by atoms with E-state index < -0.39 is 10.0 Å². The van der Waals surface area contributed by atoms with Gasteiger partial charge in [-0.3, -0.25) is 9.47 Å². The van der Waals surface area contributed by atoms with Gasteiger partial charge in [0, 0.05) is 30.2 Å². The van der Waals surface area contributed by atoms with E-state index in [1.807, 2.05) is 0 Å². The fraction of sp³-hybridized carbons (Fsp3) is 0.0769. The molecule has 0 aromatic carbocycles. The van der Waals surface area contributed by atoms with Gasteiger partial charge in [-0.2, -0.15) is 0 Å². The number of aromatic nitrogens is 3. The van der Waals surface area contributed by atoms with Gasteiger partial charge in [0.15, 0.2) is 0 Å². The Morgan fingerprint density at radius 2 is 2.05 bits per heavy atom. The first-order valence-corrected chi connectivity index (χ1v) is 7.68. The predicted octanol–water partition coefficient (Wildman–Crippen LogP) is 0.900. The zero-order chi connectivity index (χ0) is 14.9. The number of hydrogen-bond acceptors (Lipinski definition) is 4. The molecule has 0 aliphatic carbocycles. The van der Waals surface area contributed by atoms with Crippen molar-refractivity contribution in [2.75, 3.05) is 4.41 Å². The maximum absolute atomic E-state index is 12.4. The number of nitrogens with one attached hydrogen (secondary N) is 1. The largest absolute Gasteiger partial charge is 0.348 e. The maximum atomic E-state index is 12.4. The average Bonchev–Trinajstić information content (AvgIpc) is 3.10. The summed E-state index contributed by atoms with van der Waals surface area (Å²) in [5.41, 5.74) is 1.15. The summed E-state index contributed by atoms with van der Waals surface area (Å²) < 4.78 is 26.5. The molecular weight excluding hydrogens is 292 g/mol. The second-order valence-electron chi connectivity index (χ2n) is 4.37. The highest BCUT2D eigenvalue weighted by Gasteiger charge is 2.24. The van der Waals surface area contributed by atoms with Crippen LogP contribution in [0.15, 0.2) is 49.1 Å². The zero-order valence-corrected chi connectivity index (χ0v) is 11.6. The highest BCUT2D eigenvalue weighted by Crippen LogP contribution is 2.19. The van der Waals surface area contributed by atoms with Crippen LogP contribution in [0.1, 0.15) is 5.56 Å². The summed E-state index contributed by atoms with van der Waals surface area (Å²) in [5, 5.41) is 0.708. The quantitative estimate of drug-likeness (QED) is 0.709. The third-order valence-electron chi connectivity index (χ3n) is 3.01. The van der Waals surface area contributed by atoms with Gasteiger partial charge >= 0.3 is 6.41 Å². The molecule has 0 aliphatic heterocycles. The maximum Gasteiger partial charge on any atom is 0.348 e. The Morgan fingerprint density at radius 3 is 2.76 bits per heavy atom. The van der Waals surface area contributed by atoms with E-state index in [9.17, 15) is 13.2 Å². The van der Waals surface area contributed by atoms with Gasteiger partial charge in [0.2, 0.25) is 0 Å². The lowest BCUT2D eigenvalue weighted by atomic mass is 10.2. The van der Waals surface area contributed by atoms with E-state index in [0.717, 1.165) is 4.68 Å². The van der Waals surface area contributed by atoms with Gasteiger partial charge in [-0.15, -0.1) is 4.41 Å². The second kappa shape index (κ2) is 5.06. The summed E-state index contributed by atoms with van der Waals surface area (Å²) in [6.07, 6.45) is 7.54. The van der Waals surface area contributed by atoms with E-state index in [1.165, 1.54) is 18.8 Å². The highest BCUT2D eigenvalue weighted by atomic mass is 32.2. The van der Waals surface area contributed by atoms with Gasteiger partial charge < -0.3 is 4.98 Å². The highest BCUT2D eigenvalue weighted by molar-refractivity contribution is 7.92. The molecule has 107 valence electrons. The van der Waals surface area contributed by atoms with E-state index in [0.29, 0.717) is 21.0 Å². The minimum absolute atomic E-state index is 0.327. The monoisotopic (exact) mass is 303 g/mol. The van der Waals surface area contributed by atoms with Gasteiger partial charge in [-0.05, 0) is 29.8 Å². The molecule has 0 saturated heterocycles. The van der Waals surface area contributed by atoms with Gasteiger partial charge in [-0.1, -0.05) is 0 Å². The number of H-pyrrole nitrogens is 1. The second-order valence-corrected chi connectivity index (χ2v) is 6.17. The summed E-state index contributed by atoms with van der Waals surface area (Å²) in [5.74, 6) is -0.327. The molecule has 0 unspecified atom stereocenters. The zero-order valence-electron chi connectivity index (χ0n) is 10.8. The van der Waals surface area contributed by atoms with Crippen LogP contribution in [0.5, 0.6) is 0 Å². The van der Waals surface area contributed by atoms with Crippen LogP contribution in [0.4, 0.5) is 0 Å². The van der Waals surface area contributed by atoms with Crippen LogP contribution < -0.4 is 4.41 Å². The molecule has 0 fully saturated rings. The number of hydrogen-bond donors (Lipinski definition) is 1. The van der Waals surface area contributed by atoms with Crippen molar-refractivity contribution in [3.63, 3.8) is 0 Å². The molecule has 7 nitrogen and oxygen atoms in total. The predicted molar refractivity (Wildman–Crippen MR) is 77.1 cm³/mol. The molecule has 0 saturated carbocycles.